The third-order valence-electron chi connectivity index (χ3n) is 5.95. The number of hydrogen-bond acceptors (Lipinski definition) is 4. The number of benzene rings is 2. The predicted octanol–water partition coefficient (Wildman–Crippen LogP) is 5.29. The number of carbonyl (C=O) groups excluding carboxylic acids is 2. The standard InChI is InChI=1S/C26H28ClN5O2/c1-31(23(18-32-14-5-6-15-32)19-8-3-2-4-9-19)26(34)29-22-11-7-10-20(16-22)25(33)30-24-13-12-21(27)17-28-24/h2-4,7-13,16-17,23H,5-6,14-15,18H2,1H3,(H,29,34)(H,28,30,33)/t23-/m1/s1. The Labute approximate surface area is 204 Å². The maximum Gasteiger partial charge on any atom is 0.322 e. The second-order valence-electron chi connectivity index (χ2n) is 8.37. The first-order valence-corrected chi connectivity index (χ1v) is 11.7. The number of nitrogens with one attached hydrogen (secondary N) is 2. The summed E-state index contributed by atoms with van der Waals surface area (Å²) in [6.07, 6.45) is 3.85. The molecule has 0 spiro atoms. The quantitative estimate of drug-likeness (QED) is 0.484. The lowest BCUT2D eigenvalue weighted by atomic mass is 10.1. The van der Waals surface area contributed by atoms with Gasteiger partial charge in [-0.3, -0.25) is 4.79 Å². The number of aromatic nitrogens is 1. The second-order valence-corrected chi connectivity index (χ2v) is 8.81. The number of halogens is 1. The largest absolute Gasteiger partial charge is 0.322 e. The van der Waals surface area contributed by atoms with Crippen molar-refractivity contribution in [3.63, 3.8) is 0 Å². The lowest BCUT2D eigenvalue weighted by Gasteiger charge is -2.32. The molecule has 2 heterocycles. The summed E-state index contributed by atoms with van der Waals surface area (Å²) in [5, 5.41) is 6.16. The van der Waals surface area contributed by atoms with Gasteiger partial charge in [-0.05, 0) is 61.8 Å². The Bertz CT molecular complexity index is 1120. The Balaban J connectivity index is 1.45. The highest BCUT2D eigenvalue weighted by Crippen LogP contribution is 2.24. The van der Waals surface area contributed by atoms with Gasteiger partial charge in [0.1, 0.15) is 5.82 Å². The average molecular weight is 478 g/mol. The van der Waals surface area contributed by atoms with Crippen LogP contribution in [0.1, 0.15) is 34.8 Å². The minimum atomic E-state index is -0.324. The van der Waals surface area contributed by atoms with Crippen LogP contribution >= 0.6 is 11.6 Å². The van der Waals surface area contributed by atoms with Crippen molar-refractivity contribution in [1.82, 2.24) is 14.8 Å². The number of amides is 3. The lowest BCUT2D eigenvalue weighted by molar-refractivity contribution is 0.102. The van der Waals surface area contributed by atoms with Crippen molar-refractivity contribution in [2.24, 2.45) is 0 Å². The molecule has 7 nitrogen and oxygen atoms in total. The Hall–Kier alpha value is -3.42. The molecular weight excluding hydrogens is 450 g/mol. The van der Waals surface area contributed by atoms with Crippen molar-refractivity contribution in [1.29, 1.82) is 0 Å². The molecule has 1 fully saturated rings. The van der Waals surface area contributed by atoms with Crippen LogP contribution in [0.2, 0.25) is 5.02 Å². The number of anilines is 2. The van der Waals surface area contributed by atoms with Crippen molar-refractivity contribution in [2.75, 3.05) is 37.3 Å². The molecule has 1 aliphatic rings. The summed E-state index contributed by atoms with van der Waals surface area (Å²) in [6, 6.07) is 19.9. The summed E-state index contributed by atoms with van der Waals surface area (Å²) >= 11 is 5.85. The zero-order chi connectivity index (χ0) is 23.9. The van der Waals surface area contributed by atoms with Crippen molar-refractivity contribution >= 4 is 35.0 Å². The SMILES string of the molecule is CN(C(=O)Nc1cccc(C(=O)Nc2ccc(Cl)cn2)c1)[C@H](CN1CCCC1)c1ccccc1. The third kappa shape index (κ3) is 6.12. The van der Waals surface area contributed by atoms with Crippen LogP contribution in [-0.2, 0) is 0 Å². The van der Waals surface area contributed by atoms with E-state index in [9.17, 15) is 9.59 Å². The minimum Gasteiger partial charge on any atom is -0.319 e. The molecule has 34 heavy (non-hydrogen) atoms. The zero-order valence-corrected chi connectivity index (χ0v) is 19.8. The van der Waals surface area contributed by atoms with E-state index in [0.29, 0.717) is 22.1 Å². The molecule has 0 bridgehead atoms. The van der Waals surface area contributed by atoms with Gasteiger partial charge in [-0.25, -0.2) is 9.78 Å². The van der Waals surface area contributed by atoms with Gasteiger partial charge in [0.2, 0.25) is 0 Å². The zero-order valence-electron chi connectivity index (χ0n) is 19.1. The highest BCUT2D eigenvalue weighted by Gasteiger charge is 2.25. The summed E-state index contributed by atoms with van der Waals surface area (Å²) in [5.74, 6) is 0.0756. The molecule has 4 rings (SSSR count). The summed E-state index contributed by atoms with van der Waals surface area (Å²) in [7, 11) is 1.81. The normalized spacial score (nSPS) is 14.4. The summed E-state index contributed by atoms with van der Waals surface area (Å²) in [6.45, 7) is 2.89. The van der Waals surface area contributed by atoms with E-state index < -0.39 is 0 Å². The Kier molecular flexibility index (Phi) is 7.77. The van der Waals surface area contributed by atoms with Crippen LogP contribution in [0.5, 0.6) is 0 Å². The molecule has 1 aromatic heterocycles. The van der Waals surface area contributed by atoms with Gasteiger partial charge in [-0.1, -0.05) is 48.0 Å². The number of likely N-dealkylation sites (N-methyl/N-ethyl adjacent to an activating group) is 1. The summed E-state index contributed by atoms with van der Waals surface area (Å²) in [5.41, 5.74) is 2.05. The molecule has 1 saturated heterocycles. The molecule has 2 aromatic carbocycles. The van der Waals surface area contributed by atoms with Crippen LogP contribution in [0.3, 0.4) is 0 Å². The van der Waals surface area contributed by atoms with Crippen molar-refractivity contribution in [3.05, 3.63) is 89.1 Å². The molecule has 2 N–H and O–H groups in total. The van der Waals surface area contributed by atoms with E-state index in [1.165, 1.54) is 19.0 Å². The van der Waals surface area contributed by atoms with E-state index in [2.05, 4.69) is 32.7 Å². The van der Waals surface area contributed by atoms with E-state index >= 15 is 0 Å². The fourth-order valence-electron chi connectivity index (χ4n) is 4.07. The fraction of sp³-hybridized carbons (Fsp3) is 0.269. The highest BCUT2D eigenvalue weighted by molar-refractivity contribution is 6.30. The first-order chi connectivity index (χ1) is 16.5. The molecular formula is C26H28ClN5O2. The van der Waals surface area contributed by atoms with E-state index in [-0.39, 0.29) is 18.0 Å². The number of nitrogens with zero attached hydrogens (tertiary/aromatic N) is 3. The number of urea groups is 1. The minimum absolute atomic E-state index is 0.0817. The maximum atomic E-state index is 13.2. The first kappa shape index (κ1) is 23.7. The van der Waals surface area contributed by atoms with Gasteiger partial charge in [0, 0.05) is 31.0 Å². The summed E-state index contributed by atoms with van der Waals surface area (Å²) in [4.78, 5) is 34.0. The molecule has 0 aliphatic carbocycles. The van der Waals surface area contributed by atoms with E-state index in [1.807, 2.05) is 25.2 Å². The molecule has 0 saturated carbocycles. The molecule has 176 valence electrons. The summed E-state index contributed by atoms with van der Waals surface area (Å²) < 4.78 is 0. The van der Waals surface area contributed by atoms with Gasteiger partial charge in [0.15, 0.2) is 0 Å². The molecule has 0 radical (unpaired) electrons. The average Bonchev–Trinajstić information content (AvgIpc) is 3.37. The van der Waals surface area contributed by atoms with Gasteiger partial charge < -0.3 is 20.4 Å². The fourth-order valence-corrected chi connectivity index (χ4v) is 4.18. The molecule has 8 heteroatoms. The monoisotopic (exact) mass is 477 g/mol. The van der Waals surface area contributed by atoms with Gasteiger partial charge in [0.25, 0.3) is 5.91 Å². The molecule has 1 atom stereocenters. The van der Waals surface area contributed by atoms with Crippen LogP contribution < -0.4 is 10.6 Å². The van der Waals surface area contributed by atoms with Crippen LogP contribution in [0.25, 0.3) is 0 Å². The van der Waals surface area contributed by atoms with E-state index in [0.717, 1.165) is 25.2 Å². The Morgan fingerprint density at radius 2 is 1.79 bits per heavy atom. The van der Waals surface area contributed by atoms with Crippen molar-refractivity contribution in [2.45, 2.75) is 18.9 Å². The smallest absolute Gasteiger partial charge is 0.319 e. The second kappa shape index (κ2) is 11.1. The van der Waals surface area contributed by atoms with Gasteiger partial charge in [-0.15, -0.1) is 0 Å². The highest BCUT2D eigenvalue weighted by atomic mass is 35.5. The van der Waals surface area contributed by atoms with Gasteiger partial charge >= 0.3 is 6.03 Å². The molecule has 1 aliphatic heterocycles. The topological polar surface area (TPSA) is 77.6 Å². The van der Waals surface area contributed by atoms with Crippen molar-refractivity contribution in [3.8, 4) is 0 Å². The van der Waals surface area contributed by atoms with Crippen LogP contribution in [0.4, 0.5) is 16.3 Å². The van der Waals surface area contributed by atoms with Crippen LogP contribution in [-0.4, -0.2) is 53.4 Å². The first-order valence-electron chi connectivity index (χ1n) is 11.3. The number of pyridine rings is 1. The third-order valence-corrected chi connectivity index (χ3v) is 6.17. The number of hydrogen-bond donors (Lipinski definition) is 2. The Morgan fingerprint density at radius 3 is 2.50 bits per heavy atom. The van der Waals surface area contributed by atoms with Crippen LogP contribution in [0, 0.1) is 0 Å². The van der Waals surface area contributed by atoms with Gasteiger partial charge in [-0.2, -0.15) is 0 Å². The molecule has 3 aromatic rings. The number of likely N-dealkylation sites (tertiary alicyclic amines) is 1. The molecule has 0 unspecified atom stereocenters. The van der Waals surface area contributed by atoms with E-state index in [4.69, 9.17) is 11.6 Å². The van der Waals surface area contributed by atoms with Crippen molar-refractivity contribution < 1.29 is 9.59 Å². The number of rotatable bonds is 7. The van der Waals surface area contributed by atoms with Gasteiger partial charge in [0.05, 0.1) is 11.1 Å². The Morgan fingerprint density at radius 1 is 1.03 bits per heavy atom. The lowest BCUT2D eigenvalue weighted by Crippen LogP contribution is -2.40. The van der Waals surface area contributed by atoms with E-state index in [1.54, 1.807) is 41.3 Å². The molecule has 3 amide bonds. The number of carbonyl (C=O) groups is 2. The predicted molar refractivity (Wildman–Crippen MR) is 135 cm³/mol. The van der Waals surface area contributed by atoms with Crippen LogP contribution in [0.15, 0.2) is 72.9 Å². The maximum absolute atomic E-state index is 13.2.